The van der Waals surface area contributed by atoms with Crippen molar-refractivity contribution < 1.29 is 9.53 Å². The second-order valence-corrected chi connectivity index (χ2v) is 7.96. The molecule has 0 spiro atoms. The Hall–Kier alpha value is -1.35. The Morgan fingerprint density at radius 3 is 3.08 bits per heavy atom. The van der Waals surface area contributed by atoms with E-state index in [-0.39, 0.29) is 11.2 Å². The van der Waals surface area contributed by atoms with Crippen LogP contribution >= 0.6 is 34.7 Å². The van der Waals surface area contributed by atoms with Gasteiger partial charge in [-0.05, 0) is 18.6 Å². The summed E-state index contributed by atoms with van der Waals surface area (Å²) in [5.74, 6) is 0.0668. The molecule has 2 heterocycles. The summed E-state index contributed by atoms with van der Waals surface area (Å²) in [6, 6.07) is 7.42. The van der Waals surface area contributed by atoms with Crippen LogP contribution in [0.25, 0.3) is 0 Å². The molecule has 2 aromatic rings. The molecule has 1 aromatic heterocycles. The summed E-state index contributed by atoms with van der Waals surface area (Å²) < 4.78 is 5.77. The number of nitrogens with one attached hydrogen (secondary N) is 1. The highest BCUT2D eigenvalue weighted by molar-refractivity contribution is 8.02. The topological polar surface area (TPSA) is 67.3 Å². The fourth-order valence-corrected chi connectivity index (χ4v) is 4.68. The Morgan fingerprint density at radius 1 is 1.46 bits per heavy atom. The summed E-state index contributed by atoms with van der Waals surface area (Å²) in [6.45, 7) is 1.95. The number of carbonyl (C=O) groups excluding carboxylic acids is 1. The molecule has 128 valence electrons. The molecule has 3 rings (SSSR count). The highest BCUT2D eigenvalue weighted by Crippen LogP contribution is 2.37. The molecule has 0 bridgehead atoms. The van der Waals surface area contributed by atoms with Gasteiger partial charge in [-0.15, -0.1) is 10.2 Å². The van der Waals surface area contributed by atoms with Crippen LogP contribution in [0.5, 0.6) is 0 Å². The molecule has 1 N–H and O–H groups in total. The predicted octanol–water partition coefficient (Wildman–Crippen LogP) is 3.15. The van der Waals surface area contributed by atoms with E-state index in [0.717, 1.165) is 21.6 Å². The maximum absolute atomic E-state index is 12.7. The van der Waals surface area contributed by atoms with Gasteiger partial charge < -0.3 is 15.0 Å². The molecule has 1 saturated heterocycles. The van der Waals surface area contributed by atoms with E-state index in [9.17, 15) is 4.79 Å². The largest absolute Gasteiger partial charge is 0.383 e. The Morgan fingerprint density at radius 2 is 2.29 bits per heavy atom. The fraction of sp³-hybridized carbons (Fsp3) is 0.400. The maximum Gasteiger partial charge on any atom is 0.240 e. The molecule has 1 aliphatic heterocycles. The number of hydrogen-bond acceptors (Lipinski definition) is 7. The van der Waals surface area contributed by atoms with Crippen LogP contribution in [0.3, 0.4) is 0 Å². The average molecular weight is 385 g/mol. The normalized spacial score (nSPS) is 17.5. The summed E-state index contributed by atoms with van der Waals surface area (Å²) in [6.07, 6.45) is 0.765. The van der Waals surface area contributed by atoms with Gasteiger partial charge in [-0.1, -0.05) is 46.8 Å². The third-order valence-electron chi connectivity index (χ3n) is 3.53. The van der Waals surface area contributed by atoms with Crippen LogP contribution in [0.2, 0.25) is 5.02 Å². The third kappa shape index (κ3) is 4.00. The summed E-state index contributed by atoms with van der Waals surface area (Å²) in [5.41, 5.74) is 0.770. The van der Waals surface area contributed by atoms with Crippen molar-refractivity contribution in [2.75, 3.05) is 37.0 Å². The fourth-order valence-electron chi connectivity index (χ4n) is 2.38. The average Bonchev–Trinajstić information content (AvgIpc) is 3.17. The zero-order valence-electron chi connectivity index (χ0n) is 13.1. The van der Waals surface area contributed by atoms with E-state index in [0.29, 0.717) is 24.7 Å². The molecule has 0 aliphatic carbocycles. The van der Waals surface area contributed by atoms with Crippen molar-refractivity contribution in [3.8, 4) is 0 Å². The van der Waals surface area contributed by atoms with Gasteiger partial charge in [0.1, 0.15) is 0 Å². The molecular formula is C15H17ClN4O2S2. The molecule has 6 nitrogen and oxygen atoms in total. The van der Waals surface area contributed by atoms with E-state index in [1.807, 2.05) is 18.2 Å². The van der Waals surface area contributed by atoms with Crippen molar-refractivity contribution in [1.82, 2.24) is 10.2 Å². The van der Waals surface area contributed by atoms with E-state index in [2.05, 4.69) is 15.5 Å². The zero-order valence-corrected chi connectivity index (χ0v) is 15.5. The Bertz CT molecular complexity index is 712. The Balaban J connectivity index is 1.61. The standard InChI is InChI=1S/C15H17ClN4O2S2/c1-22-9-7-17-14-18-19-15(24-14)23-12-6-8-20(13(12)21)11-5-3-2-4-10(11)16/h2-5,12H,6-9H2,1H3,(H,17,18). The van der Waals surface area contributed by atoms with Crippen LogP contribution in [-0.4, -0.2) is 48.2 Å². The lowest BCUT2D eigenvalue weighted by Crippen LogP contribution is -2.28. The molecule has 0 radical (unpaired) electrons. The van der Waals surface area contributed by atoms with Crippen molar-refractivity contribution in [2.45, 2.75) is 16.0 Å². The summed E-state index contributed by atoms with van der Waals surface area (Å²) >= 11 is 9.11. The van der Waals surface area contributed by atoms with E-state index in [1.54, 1.807) is 18.1 Å². The molecule has 1 aromatic carbocycles. The van der Waals surface area contributed by atoms with Crippen molar-refractivity contribution in [3.63, 3.8) is 0 Å². The summed E-state index contributed by atoms with van der Waals surface area (Å²) in [5, 5.41) is 12.5. The first-order chi connectivity index (χ1) is 11.7. The van der Waals surface area contributed by atoms with Gasteiger partial charge in [-0.3, -0.25) is 4.79 Å². The van der Waals surface area contributed by atoms with Gasteiger partial charge in [0.15, 0.2) is 4.34 Å². The van der Waals surface area contributed by atoms with E-state index >= 15 is 0 Å². The molecule has 1 unspecified atom stereocenters. The number of para-hydroxylation sites is 1. The van der Waals surface area contributed by atoms with E-state index < -0.39 is 0 Å². The molecule has 0 saturated carbocycles. The third-order valence-corrected chi connectivity index (χ3v) is 6.07. The minimum absolute atomic E-state index is 0.0668. The number of halogens is 1. The number of thioether (sulfide) groups is 1. The van der Waals surface area contributed by atoms with Gasteiger partial charge in [0, 0.05) is 20.2 Å². The van der Waals surface area contributed by atoms with E-state index in [1.165, 1.54) is 23.1 Å². The quantitative estimate of drug-likeness (QED) is 0.739. The lowest BCUT2D eigenvalue weighted by atomic mass is 10.3. The lowest BCUT2D eigenvalue weighted by molar-refractivity contribution is -0.116. The molecule has 9 heteroatoms. The monoisotopic (exact) mass is 384 g/mol. The number of ether oxygens (including phenoxy) is 1. The molecule has 1 atom stereocenters. The first-order valence-electron chi connectivity index (χ1n) is 7.48. The molecule has 1 aliphatic rings. The number of methoxy groups -OCH3 is 1. The lowest BCUT2D eigenvalue weighted by Gasteiger charge is -2.17. The molecule has 1 fully saturated rings. The second kappa shape index (κ2) is 8.15. The molecular weight excluding hydrogens is 368 g/mol. The zero-order chi connectivity index (χ0) is 16.9. The van der Waals surface area contributed by atoms with Gasteiger partial charge in [0.25, 0.3) is 0 Å². The van der Waals surface area contributed by atoms with Crippen LogP contribution in [0.15, 0.2) is 28.6 Å². The van der Waals surface area contributed by atoms with Gasteiger partial charge in [-0.25, -0.2) is 0 Å². The minimum atomic E-state index is -0.152. The van der Waals surface area contributed by atoms with Crippen LogP contribution in [-0.2, 0) is 9.53 Å². The number of nitrogens with zero attached hydrogens (tertiary/aromatic N) is 3. The predicted molar refractivity (Wildman–Crippen MR) is 98.3 cm³/mol. The Kier molecular flexibility index (Phi) is 5.94. The summed E-state index contributed by atoms with van der Waals surface area (Å²) in [4.78, 5) is 14.4. The number of aromatic nitrogens is 2. The van der Waals surface area contributed by atoms with Crippen molar-refractivity contribution in [2.24, 2.45) is 0 Å². The van der Waals surface area contributed by atoms with Gasteiger partial charge in [0.2, 0.25) is 11.0 Å². The Labute approximate surface area is 153 Å². The van der Waals surface area contributed by atoms with Gasteiger partial charge in [0.05, 0.1) is 22.6 Å². The number of carbonyl (C=O) groups is 1. The first kappa shape index (κ1) is 17.5. The van der Waals surface area contributed by atoms with Crippen molar-refractivity contribution in [1.29, 1.82) is 0 Å². The van der Waals surface area contributed by atoms with Crippen LogP contribution in [0.1, 0.15) is 6.42 Å². The van der Waals surface area contributed by atoms with Crippen LogP contribution < -0.4 is 10.2 Å². The number of hydrogen-bond donors (Lipinski definition) is 1. The molecule has 24 heavy (non-hydrogen) atoms. The number of rotatable bonds is 7. The van der Waals surface area contributed by atoms with Gasteiger partial charge >= 0.3 is 0 Å². The second-order valence-electron chi connectivity index (χ2n) is 5.13. The minimum Gasteiger partial charge on any atom is -0.383 e. The number of anilines is 2. The maximum atomic E-state index is 12.7. The number of benzene rings is 1. The number of amides is 1. The summed E-state index contributed by atoms with van der Waals surface area (Å²) in [7, 11) is 1.65. The van der Waals surface area contributed by atoms with Crippen LogP contribution in [0.4, 0.5) is 10.8 Å². The highest BCUT2D eigenvalue weighted by Gasteiger charge is 2.34. The van der Waals surface area contributed by atoms with Crippen molar-refractivity contribution in [3.05, 3.63) is 29.3 Å². The first-order valence-corrected chi connectivity index (χ1v) is 9.55. The van der Waals surface area contributed by atoms with E-state index in [4.69, 9.17) is 16.3 Å². The molecule has 1 amide bonds. The van der Waals surface area contributed by atoms with Gasteiger partial charge in [-0.2, -0.15) is 0 Å². The van der Waals surface area contributed by atoms with Crippen LogP contribution in [0, 0.1) is 0 Å². The SMILES string of the molecule is COCCNc1nnc(SC2CCN(c3ccccc3Cl)C2=O)s1. The van der Waals surface area contributed by atoms with Crippen molar-refractivity contribution >= 4 is 51.4 Å². The highest BCUT2D eigenvalue weighted by atomic mass is 35.5. The smallest absolute Gasteiger partial charge is 0.240 e.